The van der Waals surface area contributed by atoms with Gasteiger partial charge in [-0.3, -0.25) is 0 Å². The number of hydrogen-bond acceptors (Lipinski definition) is 2. The van der Waals surface area contributed by atoms with Crippen LogP contribution >= 0.6 is 0 Å². The van der Waals surface area contributed by atoms with Crippen LogP contribution in [0, 0.1) is 11.8 Å². The number of fused-ring (bicyclic) bond motifs is 1. The summed E-state index contributed by atoms with van der Waals surface area (Å²) >= 11 is 0. The maximum atomic E-state index is 5.78. The normalized spacial score (nSPS) is 15.3. The molecule has 0 radical (unpaired) electrons. The molecule has 2 unspecified atom stereocenters. The molecule has 2 aliphatic carbocycles. The van der Waals surface area contributed by atoms with Gasteiger partial charge in [0.25, 0.3) is 0 Å². The van der Waals surface area contributed by atoms with Gasteiger partial charge in [0.05, 0.1) is 0 Å². The van der Waals surface area contributed by atoms with E-state index in [1.807, 2.05) is 74.6 Å². The number of unbranched alkanes of at least 4 members (excludes halogenated alkanes) is 3. The fraction of sp³-hybridized carbons (Fsp3) is 0.600. The highest BCUT2D eigenvalue weighted by Gasteiger charge is 2.22. The standard InChI is InChI=1S/C26H32N2.C11H24.4C2H6/c1-5-20-9-11-21(12-10-20)26-18(2)7-6-8-23-16-22(13-14-25(23)26)19(3)15-24(17-27)28-4;1-4-6-7-8-10-11(3)9-5-2;4*1-2/h5,9-11,13-16,21,28H,1,3,6-8,12,17,27H2,2,4H3;11H,4-10H2,1-3H3;4*1-2H3/b24-15-;;;;;. The Morgan fingerprint density at radius 2 is 1.62 bits per heavy atom. The van der Waals surface area contributed by atoms with E-state index in [-0.39, 0.29) is 0 Å². The summed E-state index contributed by atoms with van der Waals surface area (Å²) in [5, 5.41) is 3.14. The smallest absolute Gasteiger partial charge is 0.0328 e. The Labute approximate surface area is 295 Å². The van der Waals surface area contributed by atoms with Gasteiger partial charge < -0.3 is 11.1 Å². The number of hydrogen-bond donors (Lipinski definition) is 2. The number of rotatable bonds is 13. The molecule has 2 atom stereocenters. The molecule has 270 valence electrons. The van der Waals surface area contributed by atoms with Crippen LogP contribution in [0.2, 0.25) is 0 Å². The highest BCUT2D eigenvalue weighted by atomic mass is 14.9. The second-order valence-electron chi connectivity index (χ2n) is 11.4. The van der Waals surface area contributed by atoms with Crippen molar-refractivity contribution in [3.63, 3.8) is 0 Å². The summed E-state index contributed by atoms with van der Waals surface area (Å²) < 4.78 is 0. The number of nitrogens with one attached hydrogen (secondary N) is 1. The summed E-state index contributed by atoms with van der Waals surface area (Å²) in [5.41, 5.74) is 16.1. The van der Waals surface area contributed by atoms with E-state index < -0.39 is 0 Å². The minimum Gasteiger partial charge on any atom is -0.390 e. The Balaban J connectivity index is -0.000000856. The van der Waals surface area contributed by atoms with Crippen molar-refractivity contribution in [1.82, 2.24) is 5.32 Å². The van der Waals surface area contributed by atoms with Gasteiger partial charge in [-0.2, -0.15) is 0 Å². The number of likely N-dealkylation sites (N-methyl/N-ethyl adjacent to an activating group) is 1. The van der Waals surface area contributed by atoms with Gasteiger partial charge in [-0.05, 0) is 78.0 Å². The average molecular weight is 649 g/mol. The first-order valence-corrected chi connectivity index (χ1v) is 19.5. The van der Waals surface area contributed by atoms with Crippen molar-refractivity contribution in [3.8, 4) is 0 Å². The van der Waals surface area contributed by atoms with E-state index in [9.17, 15) is 0 Å². The monoisotopic (exact) mass is 649 g/mol. The average Bonchev–Trinajstić information content (AvgIpc) is 3.30. The largest absolute Gasteiger partial charge is 0.390 e. The van der Waals surface area contributed by atoms with Crippen molar-refractivity contribution in [1.29, 1.82) is 0 Å². The van der Waals surface area contributed by atoms with Crippen LogP contribution < -0.4 is 11.1 Å². The third kappa shape index (κ3) is 19.7. The van der Waals surface area contributed by atoms with E-state index >= 15 is 0 Å². The first-order valence-electron chi connectivity index (χ1n) is 19.5. The van der Waals surface area contributed by atoms with Crippen molar-refractivity contribution in [2.24, 2.45) is 17.6 Å². The topological polar surface area (TPSA) is 38.0 Å². The Morgan fingerprint density at radius 3 is 2.13 bits per heavy atom. The molecule has 47 heavy (non-hydrogen) atoms. The van der Waals surface area contributed by atoms with Crippen molar-refractivity contribution >= 4 is 11.1 Å². The van der Waals surface area contributed by atoms with E-state index in [1.165, 1.54) is 91.2 Å². The minimum absolute atomic E-state index is 0.447. The lowest BCUT2D eigenvalue weighted by Crippen LogP contribution is -2.15. The zero-order chi connectivity index (χ0) is 36.6. The Morgan fingerprint density at radius 1 is 0.957 bits per heavy atom. The summed E-state index contributed by atoms with van der Waals surface area (Å²) in [7, 11) is 1.90. The van der Waals surface area contributed by atoms with Gasteiger partial charge in [-0.15, -0.1) is 0 Å². The lowest BCUT2D eigenvalue weighted by molar-refractivity contribution is 0.455. The fourth-order valence-electron chi connectivity index (χ4n) is 5.77. The van der Waals surface area contributed by atoms with E-state index in [0.29, 0.717) is 12.5 Å². The third-order valence-electron chi connectivity index (χ3n) is 8.18. The van der Waals surface area contributed by atoms with Crippen LogP contribution in [0.1, 0.15) is 164 Å². The zero-order valence-corrected chi connectivity index (χ0v) is 33.8. The van der Waals surface area contributed by atoms with Crippen LogP contribution in [0.25, 0.3) is 11.1 Å². The molecular formula is C45H80N2. The Kier molecular flexibility index (Phi) is 34.6. The molecule has 2 nitrogen and oxygen atoms in total. The molecule has 0 aromatic heterocycles. The first-order chi connectivity index (χ1) is 22.9. The maximum Gasteiger partial charge on any atom is 0.0328 e. The zero-order valence-electron chi connectivity index (χ0n) is 33.8. The summed E-state index contributed by atoms with van der Waals surface area (Å²) in [4.78, 5) is 0. The van der Waals surface area contributed by atoms with Crippen LogP contribution in [-0.2, 0) is 6.42 Å². The third-order valence-corrected chi connectivity index (χ3v) is 8.18. The SMILES string of the molecule is C=CC1=CCC(C2=C(C)CCCc3cc(C(=C)/C=C(/CN)NC)ccc32)C=C1.CC.CC.CC.CC.CCCCCCC(C)CCC. The quantitative estimate of drug-likeness (QED) is 0.165. The number of nitrogens with two attached hydrogens (primary N) is 1. The second-order valence-corrected chi connectivity index (χ2v) is 11.4. The van der Waals surface area contributed by atoms with Gasteiger partial charge in [0, 0.05) is 25.2 Å². The van der Waals surface area contributed by atoms with Crippen molar-refractivity contribution in [2.75, 3.05) is 13.6 Å². The van der Waals surface area contributed by atoms with Crippen LogP contribution in [0.15, 0.2) is 78.6 Å². The van der Waals surface area contributed by atoms with Gasteiger partial charge >= 0.3 is 0 Å². The van der Waals surface area contributed by atoms with Crippen LogP contribution in [0.3, 0.4) is 0 Å². The molecular weight excluding hydrogens is 569 g/mol. The molecule has 1 aromatic carbocycles. The van der Waals surface area contributed by atoms with Gasteiger partial charge in [0.2, 0.25) is 0 Å². The molecule has 1 aromatic rings. The summed E-state index contributed by atoms with van der Waals surface area (Å²) in [6.45, 7) is 33.9. The molecule has 0 bridgehead atoms. The molecule has 0 fully saturated rings. The maximum absolute atomic E-state index is 5.78. The predicted octanol–water partition coefficient (Wildman–Crippen LogP) is 14.1. The lowest BCUT2D eigenvalue weighted by atomic mass is 9.81. The summed E-state index contributed by atoms with van der Waals surface area (Å²) in [6, 6.07) is 6.83. The van der Waals surface area contributed by atoms with Crippen LogP contribution in [0.5, 0.6) is 0 Å². The molecule has 0 spiro atoms. The number of allylic oxidation sites excluding steroid dienone is 9. The summed E-state index contributed by atoms with van der Waals surface area (Å²) in [5.74, 6) is 1.42. The first kappa shape index (κ1) is 48.8. The van der Waals surface area contributed by atoms with Gasteiger partial charge in [-0.25, -0.2) is 0 Å². The highest BCUT2D eigenvalue weighted by molar-refractivity contribution is 5.79. The Hall–Kier alpha value is -2.58. The van der Waals surface area contributed by atoms with Gasteiger partial charge in [0.1, 0.15) is 0 Å². The number of benzene rings is 1. The predicted molar refractivity (Wildman–Crippen MR) is 221 cm³/mol. The molecule has 0 heterocycles. The van der Waals surface area contributed by atoms with Crippen molar-refractivity contribution in [3.05, 3.63) is 95.3 Å². The van der Waals surface area contributed by atoms with Gasteiger partial charge in [0.15, 0.2) is 0 Å². The lowest BCUT2D eigenvalue weighted by Gasteiger charge is -2.23. The highest BCUT2D eigenvalue weighted by Crippen LogP contribution is 2.39. The molecule has 0 amide bonds. The van der Waals surface area contributed by atoms with Crippen molar-refractivity contribution < 1.29 is 0 Å². The van der Waals surface area contributed by atoms with E-state index in [0.717, 1.165) is 30.0 Å². The van der Waals surface area contributed by atoms with E-state index in [4.69, 9.17) is 5.73 Å². The minimum atomic E-state index is 0.447. The molecule has 0 aliphatic heterocycles. The molecule has 2 heteroatoms. The van der Waals surface area contributed by atoms with Crippen LogP contribution in [-0.4, -0.2) is 13.6 Å². The summed E-state index contributed by atoms with van der Waals surface area (Å²) in [6.07, 6.45) is 25.3. The number of aryl methyl sites for hydroxylation is 1. The molecule has 2 aliphatic rings. The molecule has 0 saturated heterocycles. The van der Waals surface area contributed by atoms with Crippen LogP contribution in [0.4, 0.5) is 0 Å². The molecule has 3 N–H and O–H groups in total. The Bertz CT molecular complexity index is 1040. The fourth-order valence-corrected chi connectivity index (χ4v) is 5.77. The van der Waals surface area contributed by atoms with Gasteiger partial charge in [-0.1, -0.05) is 182 Å². The van der Waals surface area contributed by atoms with E-state index in [1.54, 1.807) is 0 Å². The van der Waals surface area contributed by atoms with Crippen molar-refractivity contribution in [2.45, 2.75) is 154 Å². The molecule has 3 rings (SSSR count). The van der Waals surface area contributed by atoms with E-state index in [2.05, 4.69) is 82.6 Å². The second kappa shape index (κ2) is 33.3. The molecule has 0 saturated carbocycles.